The largest absolute Gasteiger partial charge is 0.493 e. The maximum absolute atomic E-state index is 6.44. The molecule has 2 rings (SSSR count). The molecule has 3 nitrogen and oxygen atoms in total. The van der Waals surface area contributed by atoms with Gasteiger partial charge in [-0.2, -0.15) is 0 Å². The van der Waals surface area contributed by atoms with Crippen molar-refractivity contribution in [3.63, 3.8) is 0 Å². The molecule has 0 amide bonds. The third-order valence-corrected chi connectivity index (χ3v) is 5.44. The van der Waals surface area contributed by atoms with Crippen LogP contribution < -0.4 is 14.8 Å². The van der Waals surface area contributed by atoms with Crippen molar-refractivity contribution in [3.8, 4) is 11.5 Å². The van der Waals surface area contributed by atoms with Gasteiger partial charge in [-0.3, -0.25) is 0 Å². The predicted octanol–water partition coefficient (Wildman–Crippen LogP) is 6.51. The molecule has 0 bridgehead atoms. The number of halogens is 3. The number of rotatable bonds is 8. The summed E-state index contributed by atoms with van der Waals surface area (Å²) in [5.74, 6) is 1.22. The molecule has 0 saturated heterocycles. The highest BCUT2D eigenvalue weighted by Crippen LogP contribution is 2.34. The summed E-state index contributed by atoms with van der Waals surface area (Å²) in [5, 5.41) is 5.15. The summed E-state index contributed by atoms with van der Waals surface area (Å²) in [6.45, 7) is 7.46. The van der Waals surface area contributed by atoms with Gasteiger partial charge in [0.1, 0.15) is 6.61 Å². The van der Waals surface area contributed by atoms with E-state index in [9.17, 15) is 0 Å². The SMILES string of the molecule is CCC(C)(C)NCc1cc(OC)c(OCc2ccc(Cl)c(Cl)c2)cc1Cl. The molecule has 0 spiro atoms. The van der Waals surface area contributed by atoms with Crippen LogP contribution in [0.2, 0.25) is 15.1 Å². The summed E-state index contributed by atoms with van der Waals surface area (Å²) in [4.78, 5) is 0. The molecule has 0 aliphatic heterocycles. The van der Waals surface area contributed by atoms with Crippen LogP contribution in [-0.4, -0.2) is 12.6 Å². The molecule has 0 fully saturated rings. The van der Waals surface area contributed by atoms with Crippen molar-refractivity contribution in [1.29, 1.82) is 0 Å². The Labute approximate surface area is 170 Å². The van der Waals surface area contributed by atoms with Crippen LogP contribution in [0, 0.1) is 0 Å². The number of hydrogen-bond acceptors (Lipinski definition) is 3. The summed E-state index contributed by atoms with van der Waals surface area (Å²) in [6, 6.07) is 9.09. The molecule has 0 aliphatic rings. The van der Waals surface area contributed by atoms with E-state index in [1.165, 1.54) is 0 Å². The van der Waals surface area contributed by atoms with Crippen LogP contribution in [0.1, 0.15) is 38.3 Å². The van der Waals surface area contributed by atoms with E-state index in [1.807, 2.05) is 12.1 Å². The van der Waals surface area contributed by atoms with Crippen LogP contribution in [-0.2, 0) is 13.2 Å². The van der Waals surface area contributed by atoms with Gasteiger partial charge in [-0.15, -0.1) is 0 Å². The highest BCUT2D eigenvalue weighted by molar-refractivity contribution is 6.42. The smallest absolute Gasteiger partial charge is 0.163 e. The van der Waals surface area contributed by atoms with Crippen molar-refractivity contribution in [2.24, 2.45) is 0 Å². The maximum Gasteiger partial charge on any atom is 0.163 e. The molecule has 0 saturated carbocycles. The molecule has 26 heavy (non-hydrogen) atoms. The van der Waals surface area contributed by atoms with E-state index >= 15 is 0 Å². The van der Waals surface area contributed by atoms with Crippen LogP contribution in [0.4, 0.5) is 0 Å². The van der Waals surface area contributed by atoms with Crippen molar-refractivity contribution >= 4 is 34.8 Å². The van der Waals surface area contributed by atoms with Gasteiger partial charge in [0.25, 0.3) is 0 Å². The topological polar surface area (TPSA) is 30.5 Å². The van der Waals surface area contributed by atoms with Crippen molar-refractivity contribution in [2.75, 3.05) is 7.11 Å². The van der Waals surface area contributed by atoms with Crippen LogP contribution in [0.25, 0.3) is 0 Å². The molecule has 1 N–H and O–H groups in total. The summed E-state index contributed by atoms with van der Waals surface area (Å²) in [5.41, 5.74) is 1.92. The van der Waals surface area contributed by atoms with E-state index in [2.05, 4.69) is 26.1 Å². The van der Waals surface area contributed by atoms with Gasteiger partial charge in [-0.25, -0.2) is 0 Å². The molecular weight excluding hydrogens is 393 g/mol. The minimum atomic E-state index is 0.0413. The quantitative estimate of drug-likeness (QED) is 0.532. The van der Waals surface area contributed by atoms with Crippen molar-refractivity contribution < 1.29 is 9.47 Å². The third kappa shape index (κ3) is 5.68. The Hall–Kier alpha value is -1.13. The number of nitrogens with one attached hydrogen (secondary N) is 1. The van der Waals surface area contributed by atoms with Crippen LogP contribution in [0.15, 0.2) is 30.3 Å². The highest BCUT2D eigenvalue weighted by Gasteiger charge is 2.16. The molecule has 0 aromatic heterocycles. The lowest BCUT2D eigenvalue weighted by Gasteiger charge is -2.25. The Morgan fingerprint density at radius 3 is 2.31 bits per heavy atom. The fraction of sp³-hybridized carbons (Fsp3) is 0.400. The van der Waals surface area contributed by atoms with Gasteiger partial charge < -0.3 is 14.8 Å². The van der Waals surface area contributed by atoms with Crippen LogP contribution in [0.3, 0.4) is 0 Å². The molecular formula is C20H24Cl3NO2. The van der Waals surface area contributed by atoms with E-state index in [4.69, 9.17) is 44.3 Å². The Balaban J connectivity index is 2.13. The molecule has 0 heterocycles. The number of benzene rings is 2. The lowest BCUT2D eigenvalue weighted by Crippen LogP contribution is -2.37. The van der Waals surface area contributed by atoms with E-state index in [0.29, 0.717) is 39.7 Å². The lowest BCUT2D eigenvalue weighted by molar-refractivity contribution is 0.284. The number of hydrogen-bond donors (Lipinski definition) is 1. The second-order valence-corrected chi connectivity index (χ2v) is 7.94. The van der Waals surface area contributed by atoms with Gasteiger partial charge in [0.2, 0.25) is 0 Å². The van der Waals surface area contributed by atoms with E-state index in [1.54, 1.807) is 25.3 Å². The zero-order valence-electron chi connectivity index (χ0n) is 15.5. The first-order valence-corrected chi connectivity index (χ1v) is 9.57. The minimum Gasteiger partial charge on any atom is -0.493 e. The molecule has 0 aliphatic carbocycles. The first kappa shape index (κ1) is 21.2. The molecule has 0 atom stereocenters. The van der Waals surface area contributed by atoms with E-state index in [-0.39, 0.29) is 5.54 Å². The summed E-state index contributed by atoms with van der Waals surface area (Å²) in [6.07, 6.45) is 1.02. The molecule has 0 radical (unpaired) electrons. The second kappa shape index (κ2) is 9.18. The zero-order valence-corrected chi connectivity index (χ0v) is 17.7. The minimum absolute atomic E-state index is 0.0413. The molecule has 0 unspecified atom stereocenters. The Kier molecular flexibility index (Phi) is 7.48. The van der Waals surface area contributed by atoms with Gasteiger partial charge in [0.05, 0.1) is 17.2 Å². The van der Waals surface area contributed by atoms with E-state index < -0.39 is 0 Å². The highest BCUT2D eigenvalue weighted by atomic mass is 35.5. The monoisotopic (exact) mass is 415 g/mol. The van der Waals surface area contributed by atoms with Gasteiger partial charge in [0, 0.05) is 23.2 Å². The fourth-order valence-electron chi connectivity index (χ4n) is 2.24. The van der Waals surface area contributed by atoms with Crippen molar-refractivity contribution in [3.05, 3.63) is 56.5 Å². The van der Waals surface area contributed by atoms with Crippen LogP contribution in [0.5, 0.6) is 11.5 Å². The third-order valence-electron chi connectivity index (χ3n) is 4.35. The molecule has 142 valence electrons. The summed E-state index contributed by atoms with van der Waals surface area (Å²) in [7, 11) is 1.61. The second-order valence-electron chi connectivity index (χ2n) is 6.72. The number of ether oxygens (including phenoxy) is 2. The number of methoxy groups -OCH3 is 1. The standard InChI is InChI=1S/C20H24Cl3NO2/c1-5-20(2,3)24-11-14-9-18(25-4)19(10-16(14)22)26-12-13-6-7-15(21)17(23)8-13/h6-10,24H,5,11-12H2,1-4H3. The van der Waals surface area contributed by atoms with Gasteiger partial charge >= 0.3 is 0 Å². The van der Waals surface area contributed by atoms with Crippen molar-refractivity contribution in [1.82, 2.24) is 5.32 Å². The Morgan fingerprint density at radius 1 is 0.962 bits per heavy atom. The first-order valence-electron chi connectivity index (χ1n) is 8.44. The van der Waals surface area contributed by atoms with Crippen LogP contribution >= 0.6 is 34.8 Å². The molecule has 2 aromatic carbocycles. The summed E-state index contributed by atoms with van der Waals surface area (Å²) < 4.78 is 11.4. The lowest BCUT2D eigenvalue weighted by atomic mass is 10.0. The first-order chi connectivity index (χ1) is 12.3. The average molecular weight is 417 g/mol. The maximum atomic E-state index is 6.44. The molecule has 2 aromatic rings. The fourth-order valence-corrected chi connectivity index (χ4v) is 2.78. The molecule has 6 heteroatoms. The van der Waals surface area contributed by atoms with E-state index in [0.717, 1.165) is 17.5 Å². The Bertz CT molecular complexity index is 763. The van der Waals surface area contributed by atoms with Crippen molar-refractivity contribution in [2.45, 2.75) is 45.9 Å². The average Bonchev–Trinajstić information content (AvgIpc) is 2.61. The van der Waals surface area contributed by atoms with Gasteiger partial charge in [-0.05, 0) is 49.6 Å². The summed E-state index contributed by atoms with van der Waals surface area (Å²) >= 11 is 18.4. The predicted molar refractivity (Wildman–Crippen MR) is 110 cm³/mol. The Morgan fingerprint density at radius 2 is 1.69 bits per heavy atom. The van der Waals surface area contributed by atoms with Gasteiger partial charge in [0.15, 0.2) is 11.5 Å². The zero-order chi connectivity index (χ0) is 19.3. The van der Waals surface area contributed by atoms with Gasteiger partial charge in [-0.1, -0.05) is 47.8 Å². The normalized spacial score (nSPS) is 11.5.